The lowest BCUT2D eigenvalue weighted by molar-refractivity contribution is -0.138. The quantitative estimate of drug-likeness (QED) is 0.594. The third kappa shape index (κ3) is 5.57. The van der Waals surface area contributed by atoms with E-state index in [0.29, 0.717) is 19.4 Å². The minimum Gasteiger partial charge on any atom is -0.435 e. The molecule has 1 aliphatic heterocycles. The van der Waals surface area contributed by atoms with E-state index in [1.54, 1.807) is 26.1 Å². The highest BCUT2D eigenvalue weighted by molar-refractivity contribution is 7.09. The Kier molecular flexibility index (Phi) is 6.89. The van der Waals surface area contributed by atoms with Crippen molar-refractivity contribution in [1.82, 2.24) is 15.1 Å². The van der Waals surface area contributed by atoms with Crippen LogP contribution < -0.4 is 10.1 Å². The van der Waals surface area contributed by atoms with Crippen LogP contribution >= 0.6 is 11.3 Å². The van der Waals surface area contributed by atoms with E-state index < -0.39 is 24.1 Å². The molecule has 166 valence electrons. The van der Waals surface area contributed by atoms with Crippen LogP contribution in [0.5, 0.6) is 5.75 Å². The molecule has 10 heteroatoms. The lowest BCUT2D eigenvalue weighted by Crippen LogP contribution is -2.45. The average Bonchev–Trinajstić information content (AvgIpc) is 3.29. The van der Waals surface area contributed by atoms with E-state index >= 15 is 0 Å². The number of aryl methyl sites for hydroxylation is 1. The van der Waals surface area contributed by atoms with Crippen LogP contribution in [0.1, 0.15) is 23.8 Å². The largest absolute Gasteiger partial charge is 0.435 e. The van der Waals surface area contributed by atoms with Gasteiger partial charge in [0, 0.05) is 11.9 Å². The van der Waals surface area contributed by atoms with Crippen molar-refractivity contribution in [2.24, 2.45) is 0 Å². The molecule has 1 saturated heterocycles. The summed E-state index contributed by atoms with van der Waals surface area (Å²) in [4.78, 5) is 41.2. The highest BCUT2D eigenvalue weighted by atomic mass is 32.1. The van der Waals surface area contributed by atoms with Crippen molar-refractivity contribution < 1.29 is 27.9 Å². The Morgan fingerprint density at radius 2 is 1.97 bits per heavy atom. The van der Waals surface area contributed by atoms with Crippen LogP contribution in [0.25, 0.3) is 0 Å². The van der Waals surface area contributed by atoms with Gasteiger partial charge in [0.05, 0.1) is 6.54 Å². The van der Waals surface area contributed by atoms with Gasteiger partial charge in [0.2, 0.25) is 5.91 Å². The van der Waals surface area contributed by atoms with Crippen molar-refractivity contribution >= 4 is 29.2 Å². The van der Waals surface area contributed by atoms with Gasteiger partial charge >= 0.3 is 12.6 Å². The van der Waals surface area contributed by atoms with E-state index in [1.807, 2.05) is 17.5 Å². The molecule has 0 saturated carbocycles. The number of hydrogen-bond donors (Lipinski definition) is 1. The number of rotatable bonds is 9. The number of hydrogen-bond acceptors (Lipinski definition) is 5. The molecule has 1 atom stereocenters. The van der Waals surface area contributed by atoms with Gasteiger partial charge in [-0.15, -0.1) is 11.3 Å². The van der Waals surface area contributed by atoms with Crippen LogP contribution in [-0.4, -0.2) is 53.4 Å². The maximum absolute atomic E-state index is 12.9. The van der Waals surface area contributed by atoms with Gasteiger partial charge in [-0.3, -0.25) is 14.5 Å². The second kappa shape index (κ2) is 9.42. The molecular weight excluding hydrogens is 428 g/mol. The van der Waals surface area contributed by atoms with Crippen LogP contribution in [0.4, 0.5) is 13.6 Å². The third-order valence-corrected chi connectivity index (χ3v) is 5.96. The summed E-state index contributed by atoms with van der Waals surface area (Å²) < 4.78 is 28.8. The lowest BCUT2D eigenvalue weighted by atomic mass is 9.93. The molecule has 0 spiro atoms. The minimum atomic E-state index is -2.89. The topological polar surface area (TPSA) is 79.0 Å². The highest BCUT2D eigenvalue weighted by Gasteiger charge is 2.48. The van der Waals surface area contributed by atoms with Crippen LogP contribution in [0.3, 0.4) is 0 Å². The first kappa shape index (κ1) is 22.7. The zero-order valence-corrected chi connectivity index (χ0v) is 18.0. The Balaban J connectivity index is 1.57. The smallest absolute Gasteiger partial charge is 0.387 e. The second-order valence-electron chi connectivity index (χ2n) is 7.51. The van der Waals surface area contributed by atoms with Crippen LogP contribution in [0, 0.1) is 0 Å². The summed E-state index contributed by atoms with van der Waals surface area (Å²) in [5.74, 6) is -0.754. The molecule has 1 N–H and O–H groups in total. The SMILES string of the molecule is CN(Cc1cccs1)C(=O)CN1C(=O)NC(C)(CCc2ccc(OC(F)F)cc2)C1=O. The molecule has 1 fully saturated rings. The first-order valence-corrected chi connectivity index (χ1v) is 10.5. The van der Waals surface area contributed by atoms with Crippen LogP contribution in [0.15, 0.2) is 41.8 Å². The van der Waals surface area contributed by atoms with Crippen molar-refractivity contribution in [2.75, 3.05) is 13.6 Å². The molecule has 0 radical (unpaired) electrons. The predicted molar refractivity (Wildman–Crippen MR) is 111 cm³/mol. The number of imide groups is 1. The Labute approximate surface area is 182 Å². The van der Waals surface area contributed by atoms with E-state index in [0.717, 1.165) is 15.3 Å². The molecule has 0 bridgehead atoms. The maximum Gasteiger partial charge on any atom is 0.387 e. The summed E-state index contributed by atoms with van der Waals surface area (Å²) >= 11 is 1.52. The molecule has 1 unspecified atom stereocenters. The molecule has 1 aromatic carbocycles. The van der Waals surface area contributed by atoms with Crippen molar-refractivity contribution in [3.8, 4) is 5.75 Å². The van der Waals surface area contributed by atoms with E-state index in [4.69, 9.17) is 0 Å². The van der Waals surface area contributed by atoms with Gasteiger partial charge in [0.1, 0.15) is 17.8 Å². The number of nitrogens with zero attached hydrogens (tertiary/aromatic N) is 2. The number of benzene rings is 1. The Morgan fingerprint density at radius 1 is 1.26 bits per heavy atom. The number of likely N-dealkylation sites (N-methyl/N-ethyl adjacent to an activating group) is 1. The highest BCUT2D eigenvalue weighted by Crippen LogP contribution is 2.24. The minimum absolute atomic E-state index is 0.0477. The first-order valence-electron chi connectivity index (χ1n) is 9.62. The van der Waals surface area contributed by atoms with Crippen LogP contribution in [-0.2, 0) is 22.6 Å². The number of ether oxygens (including phenoxy) is 1. The van der Waals surface area contributed by atoms with Crippen molar-refractivity contribution in [1.29, 1.82) is 0 Å². The summed E-state index contributed by atoms with van der Waals surface area (Å²) in [7, 11) is 1.63. The molecule has 31 heavy (non-hydrogen) atoms. The molecule has 1 aromatic heterocycles. The van der Waals surface area contributed by atoms with Crippen molar-refractivity contribution in [3.05, 3.63) is 52.2 Å². The fraction of sp³-hybridized carbons (Fsp3) is 0.381. The van der Waals surface area contributed by atoms with Crippen molar-refractivity contribution in [3.63, 3.8) is 0 Å². The number of halogens is 2. The standard InChI is InChI=1S/C21H23F2N3O4S/c1-21(10-9-14-5-7-15(8-6-14)30-19(22)23)18(28)26(20(29)24-21)13-17(27)25(2)12-16-4-3-11-31-16/h3-8,11,19H,9-10,12-13H2,1-2H3,(H,24,29). The zero-order valence-electron chi connectivity index (χ0n) is 17.1. The van der Waals surface area contributed by atoms with Crippen molar-refractivity contribution in [2.45, 2.75) is 38.5 Å². The van der Waals surface area contributed by atoms with Gasteiger partial charge < -0.3 is 15.0 Å². The summed E-state index contributed by atoms with van der Waals surface area (Å²) in [5, 5.41) is 4.59. The second-order valence-corrected chi connectivity index (χ2v) is 8.54. The van der Waals surface area contributed by atoms with E-state index in [-0.39, 0.29) is 18.2 Å². The molecular formula is C21H23F2N3O4S. The van der Waals surface area contributed by atoms with Gasteiger partial charge in [-0.25, -0.2) is 4.79 Å². The van der Waals surface area contributed by atoms with Gasteiger partial charge in [-0.1, -0.05) is 18.2 Å². The maximum atomic E-state index is 12.9. The summed E-state index contributed by atoms with van der Waals surface area (Å²) in [6.45, 7) is -1.21. The fourth-order valence-corrected chi connectivity index (χ4v) is 4.03. The van der Waals surface area contributed by atoms with E-state index in [2.05, 4.69) is 10.1 Å². The third-order valence-electron chi connectivity index (χ3n) is 5.10. The van der Waals surface area contributed by atoms with Gasteiger partial charge in [-0.05, 0) is 48.9 Å². The molecule has 1 aliphatic rings. The predicted octanol–water partition coefficient (Wildman–Crippen LogP) is 3.25. The van der Waals surface area contributed by atoms with E-state index in [1.165, 1.54) is 28.4 Å². The Hall–Kier alpha value is -3.01. The van der Waals surface area contributed by atoms with Gasteiger partial charge in [0.15, 0.2) is 0 Å². The number of thiophene rings is 1. The summed E-state index contributed by atoms with van der Waals surface area (Å²) in [5.41, 5.74) is -0.350. The Morgan fingerprint density at radius 3 is 2.58 bits per heavy atom. The average molecular weight is 451 g/mol. The zero-order chi connectivity index (χ0) is 22.6. The number of nitrogens with one attached hydrogen (secondary N) is 1. The lowest BCUT2D eigenvalue weighted by Gasteiger charge is -2.23. The molecule has 3 rings (SSSR count). The number of carbonyl (C=O) groups is 3. The monoisotopic (exact) mass is 451 g/mol. The molecule has 2 aromatic rings. The summed E-state index contributed by atoms with van der Waals surface area (Å²) in [6.07, 6.45) is 0.722. The summed E-state index contributed by atoms with van der Waals surface area (Å²) in [6, 6.07) is 9.30. The normalized spacial score (nSPS) is 18.4. The number of carbonyl (C=O) groups excluding carboxylic acids is 3. The molecule has 7 nitrogen and oxygen atoms in total. The molecule has 2 heterocycles. The van der Waals surface area contributed by atoms with Gasteiger partial charge in [-0.2, -0.15) is 8.78 Å². The first-order chi connectivity index (χ1) is 14.7. The number of urea groups is 1. The number of alkyl halides is 2. The fourth-order valence-electron chi connectivity index (χ4n) is 3.27. The number of amides is 4. The Bertz CT molecular complexity index is 937. The van der Waals surface area contributed by atoms with Gasteiger partial charge in [0.25, 0.3) is 5.91 Å². The molecule has 4 amide bonds. The molecule has 0 aliphatic carbocycles. The van der Waals surface area contributed by atoms with E-state index in [9.17, 15) is 23.2 Å². The van der Waals surface area contributed by atoms with Crippen LogP contribution in [0.2, 0.25) is 0 Å².